The van der Waals surface area contributed by atoms with E-state index in [4.69, 9.17) is 10.5 Å². The van der Waals surface area contributed by atoms with Crippen molar-refractivity contribution >= 4 is 11.8 Å². The Morgan fingerprint density at radius 2 is 2.50 bits per heavy atom. The highest BCUT2D eigenvalue weighted by Crippen LogP contribution is 2.15. The Kier molecular flexibility index (Phi) is 4.92. The smallest absolute Gasteiger partial charge is 0.185 e. The molecule has 0 bridgehead atoms. The van der Waals surface area contributed by atoms with Crippen molar-refractivity contribution in [2.75, 3.05) is 18.9 Å². The maximum atomic E-state index is 5.56. The summed E-state index contributed by atoms with van der Waals surface area (Å²) in [7, 11) is 1.87. The third kappa shape index (κ3) is 3.28. The van der Waals surface area contributed by atoms with Crippen molar-refractivity contribution in [1.29, 1.82) is 0 Å². The topological polar surface area (TPSA) is 66.0 Å². The molecule has 1 unspecified atom stereocenters. The van der Waals surface area contributed by atoms with Gasteiger partial charge in [0, 0.05) is 26.0 Å². The molecule has 1 heterocycles. The monoisotopic (exact) mass is 216 g/mol. The summed E-state index contributed by atoms with van der Waals surface area (Å²) in [5.74, 6) is 0.816. The standard InChI is InChI=1S/C8H16N4OS/c1-3-13-7(4-9)5-14-8-10-6-11-12(8)2/h6-7H,3-5,9H2,1-2H3. The van der Waals surface area contributed by atoms with Gasteiger partial charge in [-0.15, -0.1) is 0 Å². The van der Waals surface area contributed by atoms with Crippen LogP contribution in [0, 0.1) is 0 Å². The normalized spacial score (nSPS) is 13.1. The molecule has 0 amide bonds. The molecule has 0 spiro atoms. The molecule has 0 aromatic carbocycles. The molecular weight excluding hydrogens is 200 g/mol. The predicted octanol–water partition coefficient (Wildman–Crippen LogP) is 0.271. The lowest BCUT2D eigenvalue weighted by molar-refractivity contribution is 0.0858. The number of nitrogens with zero attached hydrogens (tertiary/aromatic N) is 3. The molecule has 0 saturated heterocycles. The lowest BCUT2D eigenvalue weighted by atomic mass is 10.4. The van der Waals surface area contributed by atoms with Gasteiger partial charge in [0.1, 0.15) is 6.33 Å². The SMILES string of the molecule is CCOC(CN)CSc1ncnn1C. The average molecular weight is 216 g/mol. The maximum absolute atomic E-state index is 5.56. The highest BCUT2D eigenvalue weighted by atomic mass is 32.2. The van der Waals surface area contributed by atoms with E-state index in [2.05, 4.69) is 10.1 Å². The van der Waals surface area contributed by atoms with E-state index < -0.39 is 0 Å². The fourth-order valence-electron chi connectivity index (χ4n) is 1.00. The van der Waals surface area contributed by atoms with E-state index in [1.54, 1.807) is 22.8 Å². The molecular formula is C8H16N4OS. The Hall–Kier alpha value is -0.590. The van der Waals surface area contributed by atoms with Crippen molar-refractivity contribution in [2.24, 2.45) is 12.8 Å². The molecule has 0 saturated carbocycles. The molecule has 0 aliphatic heterocycles. The molecule has 1 aromatic rings. The van der Waals surface area contributed by atoms with Crippen LogP contribution in [0.15, 0.2) is 11.5 Å². The molecule has 1 aromatic heterocycles. The van der Waals surface area contributed by atoms with Gasteiger partial charge in [0.25, 0.3) is 0 Å². The van der Waals surface area contributed by atoms with Gasteiger partial charge in [0.2, 0.25) is 0 Å². The number of aryl methyl sites for hydroxylation is 1. The summed E-state index contributed by atoms with van der Waals surface area (Å²) in [6, 6.07) is 0. The van der Waals surface area contributed by atoms with Crippen LogP contribution in [-0.4, -0.2) is 39.8 Å². The van der Waals surface area contributed by atoms with E-state index in [0.29, 0.717) is 13.2 Å². The minimum Gasteiger partial charge on any atom is -0.376 e. The summed E-state index contributed by atoms with van der Waals surface area (Å²) in [6.45, 7) is 3.20. The van der Waals surface area contributed by atoms with Crippen molar-refractivity contribution < 1.29 is 4.74 Å². The molecule has 0 aliphatic carbocycles. The Morgan fingerprint density at radius 1 is 1.71 bits per heavy atom. The van der Waals surface area contributed by atoms with E-state index in [-0.39, 0.29) is 6.10 Å². The summed E-state index contributed by atoms with van der Waals surface area (Å²) in [6.07, 6.45) is 1.64. The lowest BCUT2D eigenvalue weighted by Gasteiger charge is -2.13. The van der Waals surface area contributed by atoms with Gasteiger partial charge in [0.05, 0.1) is 6.10 Å². The Balaban J connectivity index is 2.35. The number of ether oxygens (including phenoxy) is 1. The fourth-order valence-corrected chi connectivity index (χ4v) is 1.93. The fraction of sp³-hybridized carbons (Fsp3) is 0.750. The highest BCUT2D eigenvalue weighted by molar-refractivity contribution is 7.99. The van der Waals surface area contributed by atoms with Gasteiger partial charge in [-0.1, -0.05) is 11.8 Å². The first-order valence-corrected chi connectivity index (χ1v) is 5.55. The molecule has 6 heteroatoms. The molecule has 14 heavy (non-hydrogen) atoms. The van der Waals surface area contributed by atoms with Crippen LogP contribution in [0.5, 0.6) is 0 Å². The third-order valence-corrected chi connectivity index (χ3v) is 2.90. The Morgan fingerprint density at radius 3 is 3.00 bits per heavy atom. The van der Waals surface area contributed by atoms with E-state index in [0.717, 1.165) is 10.9 Å². The van der Waals surface area contributed by atoms with Crippen LogP contribution in [0.25, 0.3) is 0 Å². The summed E-state index contributed by atoms with van der Waals surface area (Å²) in [5, 5.41) is 4.87. The summed E-state index contributed by atoms with van der Waals surface area (Å²) >= 11 is 1.61. The highest BCUT2D eigenvalue weighted by Gasteiger charge is 2.09. The first-order valence-electron chi connectivity index (χ1n) is 4.56. The van der Waals surface area contributed by atoms with Crippen LogP contribution in [0.1, 0.15) is 6.92 Å². The van der Waals surface area contributed by atoms with Crippen LogP contribution in [0.2, 0.25) is 0 Å². The van der Waals surface area contributed by atoms with Gasteiger partial charge < -0.3 is 10.5 Å². The predicted molar refractivity (Wildman–Crippen MR) is 56.2 cm³/mol. The Bertz CT molecular complexity index is 266. The number of thioether (sulfide) groups is 1. The van der Waals surface area contributed by atoms with E-state index in [1.165, 1.54) is 0 Å². The Labute approximate surface area is 88.0 Å². The summed E-state index contributed by atoms with van der Waals surface area (Å²) in [5.41, 5.74) is 5.56. The molecule has 5 nitrogen and oxygen atoms in total. The van der Waals surface area contributed by atoms with Crippen LogP contribution < -0.4 is 5.73 Å². The van der Waals surface area contributed by atoms with Gasteiger partial charge in [-0.25, -0.2) is 9.67 Å². The number of nitrogens with two attached hydrogens (primary N) is 1. The third-order valence-electron chi connectivity index (χ3n) is 1.73. The minimum atomic E-state index is 0.0988. The first-order chi connectivity index (χ1) is 6.77. The lowest BCUT2D eigenvalue weighted by Crippen LogP contribution is -2.26. The zero-order chi connectivity index (χ0) is 10.4. The van der Waals surface area contributed by atoms with Gasteiger partial charge in [-0.2, -0.15) is 5.10 Å². The number of rotatable bonds is 6. The van der Waals surface area contributed by atoms with Crippen molar-refractivity contribution in [2.45, 2.75) is 18.2 Å². The van der Waals surface area contributed by atoms with Crippen LogP contribution in [0.4, 0.5) is 0 Å². The van der Waals surface area contributed by atoms with Gasteiger partial charge in [-0.3, -0.25) is 0 Å². The molecule has 0 aliphatic rings. The largest absolute Gasteiger partial charge is 0.376 e. The van der Waals surface area contributed by atoms with Gasteiger partial charge in [-0.05, 0) is 6.92 Å². The zero-order valence-electron chi connectivity index (χ0n) is 8.51. The molecule has 2 N–H and O–H groups in total. The van der Waals surface area contributed by atoms with E-state index >= 15 is 0 Å². The number of hydrogen-bond acceptors (Lipinski definition) is 5. The number of hydrogen-bond donors (Lipinski definition) is 1. The van der Waals surface area contributed by atoms with Crippen molar-refractivity contribution in [3.63, 3.8) is 0 Å². The van der Waals surface area contributed by atoms with Crippen LogP contribution in [-0.2, 0) is 11.8 Å². The average Bonchev–Trinajstić information content (AvgIpc) is 2.59. The summed E-state index contributed by atoms with van der Waals surface area (Å²) in [4.78, 5) is 4.10. The molecule has 80 valence electrons. The van der Waals surface area contributed by atoms with E-state index in [9.17, 15) is 0 Å². The van der Waals surface area contributed by atoms with Crippen molar-refractivity contribution in [1.82, 2.24) is 14.8 Å². The van der Waals surface area contributed by atoms with Crippen molar-refractivity contribution in [3.8, 4) is 0 Å². The van der Waals surface area contributed by atoms with Gasteiger partial charge in [0.15, 0.2) is 5.16 Å². The second-order valence-electron chi connectivity index (χ2n) is 2.79. The second-order valence-corrected chi connectivity index (χ2v) is 3.78. The molecule has 1 atom stereocenters. The maximum Gasteiger partial charge on any atom is 0.185 e. The molecule has 0 fully saturated rings. The molecule has 1 rings (SSSR count). The van der Waals surface area contributed by atoms with Crippen molar-refractivity contribution in [3.05, 3.63) is 6.33 Å². The minimum absolute atomic E-state index is 0.0988. The second kappa shape index (κ2) is 6.00. The van der Waals surface area contributed by atoms with Crippen LogP contribution in [0.3, 0.4) is 0 Å². The van der Waals surface area contributed by atoms with E-state index in [1.807, 2.05) is 14.0 Å². The quantitative estimate of drug-likeness (QED) is 0.691. The zero-order valence-corrected chi connectivity index (χ0v) is 9.33. The van der Waals surface area contributed by atoms with Crippen LogP contribution >= 0.6 is 11.8 Å². The molecule has 0 radical (unpaired) electrons. The first kappa shape index (κ1) is 11.5. The number of aromatic nitrogens is 3. The summed E-state index contributed by atoms with van der Waals surface area (Å²) < 4.78 is 7.17. The van der Waals surface area contributed by atoms with Gasteiger partial charge >= 0.3 is 0 Å².